The van der Waals surface area contributed by atoms with Crippen LogP contribution in [0.15, 0.2) is 60.0 Å². The lowest BCUT2D eigenvalue weighted by molar-refractivity contribution is -0.137. The highest BCUT2D eigenvalue weighted by molar-refractivity contribution is 7.12. The van der Waals surface area contributed by atoms with E-state index in [0.29, 0.717) is 5.01 Å². The third-order valence-corrected chi connectivity index (χ3v) is 4.86. The van der Waals surface area contributed by atoms with Crippen molar-refractivity contribution in [2.75, 3.05) is 0 Å². The number of hydrogen-bond acceptors (Lipinski definition) is 4. The summed E-state index contributed by atoms with van der Waals surface area (Å²) in [4.78, 5) is 28.2. The van der Waals surface area contributed by atoms with Crippen molar-refractivity contribution in [2.24, 2.45) is 0 Å². The van der Waals surface area contributed by atoms with Gasteiger partial charge in [-0.05, 0) is 18.1 Å². The molecule has 1 aromatic heterocycles. The summed E-state index contributed by atoms with van der Waals surface area (Å²) >= 11 is 1.24. The SMILES string of the molecule is Cc1ccccc1[C@H](CC(=O)O)NC(=O)c1nc(-c2ccccc2)cs1. The van der Waals surface area contributed by atoms with Crippen LogP contribution >= 0.6 is 11.3 Å². The number of carboxylic acids is 1. The quantitative estimate of drug-likeness (QED) is 0.689. The average molecular weight is 366 g/mol. The first-order chi connectivity index (χ1) is 12.5. The summed E-state index contributed by atoms with van der Waals surface area (Å²) in [7, 11) is 0. The zero-order valence-corrected chi connectivity index (χ0v) is 15.0. The van der Waals surface area contributed by atoms with Crippen LogP contribution in [-0.4, -0.2) is 22.0 Å². The normalized spacial score (nSPS) is 11.7. The van der Waals surface area contributed by atoms with E-state index in [9.17, 15) is 14.7 Å². The largest absolute Gasteiger partial charge is 0.481 e. The third-order valence-electron chi connectivity index (χ3n) is 4.02. The predicted octanol–water partition coefficient (Wildman–Crippen LogP) is 4.06. The Hall–Kier alpha value is -2.99. The zero-order valence-electron chi connectivity index (χ0n) is 14.2. The van der Waals surface area contributed by atoms with Gasteiger partial charge < -0.3 is 10.4 Å². The smallest absolute Gasteiger partial charge is 0.305 e. The number of carbonyl (C=O) groups is 2. The van der Waals surface area contributed by atoms with Crippen molar-refractivity contribution in [3.63, 3.8) is 0 Å². The minimum absolute atomic E-state index is 0.187. The Labute approximate surface area is 155 Å². The molecule has 3 aromatic rings. The maximum atomic E-state index is 12.6. The van der Waals surface area contributed by atoms with E-state index >= 15 is 0 Å². The van der Waals surface area contributed by atoms with Crippen LogP contribution < -0.4 is 5.32 Å². The van der Waals surface area contributed by atoms with E-state index < -0.39 is 12.0 Å². The zero-order chi connectivity index (χ0) is 18.5. The van der Waals surface area contributed by atoms with Crippen LogP contribution in [0, 0.1) is 6.92 Å². The van der Waals surface area contributed by atoms with Gasteiger partial charge >= 0.3 is 5.97 Å². The molecule has 0 unspecified atom stereocenters. The van der Waals surface area contributed by atoms with Gasteiger partial charge in [0.05, 0.1) is 18.2 Å². The van der Waals surface area contributed by atoms with Crippen LogP contribution in [0.2, 0.25) is 0 Å². The van der Waals surface area contributed by atoms with Crippen LogP contribution in [0.1, 0.15) is 33.4 Å². The fourth-order valence-electron chi connectivity index (χ4n) is 2.73. The molecule has 0 aliphatic carbocycles. The van der Waals surface area contributed by atoms with Crippen molar-refractivity contribution >= 4 is 23.2 Å². The van der Waals surface area contributed by atoms with Gasteiger partial charge in [-0.1, -0.05) is 54.6 Å². The van der Waals surface area contributed by atoms with E-state index in [-0.39, 0.29) is 12.3 Å². The molecule has 26 heavy (non-hydrogen) atoms. The minimum Gasteiger partial charge on any atom is -0.481 e. The van der Waals surface area contributed by atoms with Crippen LogP contribution in [0.5, 0.6) is 0 Å². The Morgan fingerprint density at radius 1 is 1.12 bits per heavy atom. The molecule has 0 radical (unpaired) electrons. The van der Waals surface area contributed by atoms with Crippen LogP contribution in [0.25, 0.3) is 11.3 Å². The van der Waals surface area contributed by atoms with Gasteiger partial charge in [0, 0.05) is 10.9 Å². The van der Waals surface area contributed by atoms with Gasteiger partial charge in [-0.2, -0.15) is 0 Å². The van der Waals surface area contributed by atoms with E-state index in [1.165, 1.54) is 11.3 Å². The lowest BCUT2D eigenvalue weighted by Gasteiger charge is -2.18. The van der Waals surface area contributed by atoms with Crippen LogP contribution in [0.3, 0.4) is 0 Å². The van der Waals surface area contributed by atoms with Gasteiger partial charge in [0.2, 0.25) is 0 Å². The van der Waals surface area contributed by atoms with E-state index in [1.807, 2.05) is 66.9 Å². The molecule has 0 spiro atoms. The Balaban J connectivity index is 1.81. The molecule has 6 heteroatoms. The van der Waals surface area contributed by atoms with E-state index in [0.717, 1.165) is 22.4 Å². The third kappa shape index (κ3) is 4.15. The molecule has 1 amide bonds. The summed E-state index contributed by atoms with van der Waals surface area (Å²) in [6, 6.07) is 16.4. The van der Waals surface area contributed by atoms with E-state index in [4.69, 9.17) is 0 Å². The number of aliphatic carboxylic acids is 1. The minimum atomic E-state index is -0.970. The number of thiazole rings is 1. The summed E-state index contributed by atoms with van der Waals surface area (Å²) in [6.07, 6.45) is -0.187. The summed E-state index contributed by atoms with van der Waals surface area (Å²) in [6.45, 7) is 1.90. The molecule has 132 valence electrons. The molecule has 1 atom stereocenters. The van der Waals surface area contributed by atoms with Crippen LogP contribution in [-0.2, 0) is 4.79 Å². The molecule has 1 heterocycles. The first kappa shape index (κ1) is 17.8. The number of nitrogens with one attached hydrogen (secondary N) is 1. The Morgan fingerprint density at radius 3 is 2.50 bits per heavy atom. The van der Waals surface area contributed by atoms with Crippen molar-refractivity contribution in [2.45, 2.75) is 19.4 Å². The number of carbonyl (C=O) groups excluding carboxylic acids is 1. The Morgan fingerprint density at radius 2 is 1.81 bits per heavy atom. The highest BCUT2D eigenvalue weighted by atomic mass is 32.1. The van der Waals surface area contributed by atoms with Crippen molar-refractivity contribution in [1.29, 1.82) is 0 Å². The summed E-state index contributed by atoms with van der Waals surface area (Å²) in [5.74, 6) is -1.34. The lowest BCUT2D eigenvalue weighted by atomic mass is 9.99. The number of rotatable bonds is 6. The average Bonchev–Trinajstić information content (AvgIpc) is 3.12. The molecule has 0 aliphatic rings. The second-order valence-corrected chi connectivity index (χ2v) is 6.74. The first-order valence-electron chi connectivity index (χ1n) is 8.13. The van der Waals surface area contributed by atoms with Crippen molar-refractivity contribution < 1.29 is 14.7 Å². The van der Waals surface area contributed by atoms with E-state index in [2.05, 4.69) is 10.3 Å². The monoisotopic (exact) mass is 366 g/mol. The molecule has 0 aliphatic heterocycles. The van der Waals surface area contributed by atoms with Crippen molar-refractivity contribution in [1.82, 2.24) is 10.3 Å². The number of nitrogens with zero attached hydrogens (tertiary/aromatic N) is 1. The topological polar surface area (TPSA) is 79.3 Å². The van der Waals surface area contributed by atoms with Crippen molar-refractivity contribution in [3.05, 3.63) is 76.1 Å². The number of amides is 1. The van der Waals surface area contributed by atoms with Gasteiger partial charge in [0.15, 0.2) is 5.01 Å². The molecular weight excluding hydrogens is 348 g/mol. The predicted molar refractivity (Wildman–Crippen MR) is 101 cm³/mol. The molecule has 0 bridgehead atoms. The molecular formula is C20H18N2O3S. The molecule has 2 aromatic carbocycles. The van der Waals surface area contributed by atoms with Gasteiger partial charge in [-0.3, -0.25) is 9.59 Å². The molecule has 0 saturated carbocycles. The van der Waals surface area contributed by atoms with Gasteiger partial charge in [-0.25, -0.2) is 4.98 Å². The molecule has 2 N–H and O–H groups in total. The second kappa shape index (κ2) is 7.93. The lowest BCUT2D eigenvalue weighted by Crippen LogP contribution is -2.30. The number of benzene rings is 2. The fraction of sp³-hybridized carbons (Fsp3) is 0.150. The van der Waals surface area contributed by atoms with E-state index in [1.54, 1.807) is 0 Å². The fourth-order valence-corrected chi connectivity index (χ4v) is 3.46. The molecule has 3 rings (SSSR count). The second-order valence-electron chi connectivity index (χ2n) is 5.88. The maximum absolute atomic E-state index is 12.6. The van der Waals surface area contributed by atoms with Gasteiger partial charge in [0.25, 0.3) is 5.91 Å². The Bertz CT molecular complexity index is 922. The number of carboxylic acid groups (broad SMARTS) is 1. The number of hydrogen-bond donors (Lipinski definition) is 2. The standard InChI is InChI=1S/C20H18N2O3S/c1-13-7-5-6-10-15(13)16(11-18(23)24)21-19(25)20-22-17(12-26-20)14-8-3-2-4-9-14/h2-10,12,16H,11H2,1H3,(H,21,25)(H,23,24)/t16-/m0/s1. The van der Waals surface area contributed by atoms with Crippen LogP contribution in [0.4, 0.5) is 0 Å². The highest BCUT2D eigenvalue weighted by Crippen LogP contribution is 2.24. The van der Waals surface area contributed by atoms with Gasteiger partial charge in [-0.15, -0.1) is 11.3 Å². The number of aryl methyl sites for hydroxylation is 1. The Kier molecular flexibility index (Phi) is 5.43. The maximum Gasteiger partial charge on any atom is 0.305 e. The van der Waals surface area contributed by atoms with Crippen molar-refractivity contribution in [3.8, 4) is 11.3 Å². The molecule has 0 saturated heterocycles. The summed E-state index contributed by atoms with van der Waals surface area (Å²) in [5, 5.41) is 14.2. The summed E-state index contributed by atoms with van der Waals surface area (Å²) in [5.41, 5.74) is 3.39. The molecule has 0 fully saturated rings. The first-order valence-corrected chi connectivity index (χ1v) is 9.01. The number of aromatic nitrogens is 1. The van der Waals surface area contributed by atoms with Gasteiger partial charge in [0.1, 0.15) is 0 Å². The molecule has 5 nitrogen and oxygen atoms in total. The summed E-state index contributed by atoms with van der Waals surface area (Å²) < 4.78 is 0. The highest BCUT2D eigenvalue weighted by Gasteiger charge is 2.22.